The number of carbonyl (C=O) groups is 1. The predicted octanol–water partition coefficient (Wildman–Crippen LogP) is 11.2. The minimum atomic E-state index is -4.32. The van der Waals surface area contributed by atoms with Crippen LogP contribution in [-0.4, -0.2) is 73.4 Å². The number of carbonyl (C=O) groups excluding carboxylic acids is 1. The molecule has 0 rings (SSSR count). The lowest BCUT2D eigenvalue weighted by atomic mass is 10.0. The molecule has 0 radical (unpaired) electrons. The molecule has 0 bridgehead atoms. The Hall–Kier alpha value is -0.760. The summed E-state index contributed by atoms with van der Waals surface area (Å²) in [5.41, 5.74) is 0. The van der Waals surface area contributed by atoms with Crippen LogP contribution in [0.25, 0.3) is 0 Å². The average molecular weight is 732 g/mol. The first-order valence-electron chi connectivity index (χ1n) is 21.1. The van der Waals surface area contributed by atoms with Crippen LogP contribution in [0.15, 0.2) is 12.2 Å². The maximum absolute atomic E-state index is 12.8. The van der Waals surface area contributed by atoms with Gasteiger partial charge in [0.05, 0.1) is 39.9 Å². The van der Waals surface area contributed by atoms with Gasteiger partial charge in [0.2, 0.25) is 5.91 Å². The lowest BCUT2D eigenvalue weighted by molar-refractivity contribution is -0.870. The van der Waals surface area contributed by atoms with Gasteiger partial charge < -0.3 is 19.8 Å². The highest BCUT2D eigenvalue weighted by Crippen LogP contribution is 2.43. The van der Waals surface area contributed by atoms with Gasteiger partial charge in [-0.3, -0.25) is 13.8 Å². The van der Waals surface area contributed by atoms with Crippen molar-refractivity contribution in [3.05, 3.63) is 12.2 Å². The predicted molar refractivity (Wildman–Crippen MR) is 212 cm³/mol. The second-order valence-electron chi connectivity index (χ2n) is 15.7. The van der Waals surface area contributed by atoms with Gasteiger partial charge in [-0.1, -0.05) is 180 Å². The quantitative estimate of drug-likeness (QED) is 0.0253. The van der Waals surface area contributed by atoms with Crippen molar-refractivity contribution >= 4 is 13.7 Å². The number of rotatable bonds is 38. The second kappa shape index (κ2) is 34.0. The van der Waals surface area contributed by atoms with Crippen LogP contribution in [0.3, 0.4) is 0 Å². The van der Waals surface area contributed by atoms with Crippen LogP contribution in [0.1, 0.15) is 194 Å². The van der Waals surface area contributed by atoms with E-state index in [1.54, 1.807) is 6.08 Å². The smallest absolute Gasteiger partial charge is 0.387 e. The fraction of sp³-hybridized carbons (Fsp3) is 0.927. The summed E-state index contributed by atoms with van der Waals surface area (Å²) in [7, 11) is 1.57. The maximum Gasteiger partial charge on any atom is 0.472 e. The van der Waals surface area contributed by atoms with Gasteiger partial charge in [-0.05, 0) is 19.3 Å². The minimum Gasteiger partial charge on any atom is -0.387 e. The Morgan fingerprint density at radius 3 is 1.48 bits per heavy atom. The van der Waals surface area contributed by atoms with E-state index in [-0.39, 0.29) is 19.1 Å². The molecule has 0 aromatic carbocycles. The summed E-state index contributed by atoms with van der Waals surface area (Å²) in [4.78, 5) is 22.9. The van der Waals surface area contributed by atoms with Crippen LogP contribution >= 0.6 is 7.82 Å². The molecule has 0 aliphatic rings. The minimum absolute atomic E-state index is 0.0635. The van der Waals surface area contributed by atoms with Gasteiger partial charge in [0.25, 0.3) is 0 Å². The molecule has 9 heteroatoms. The molecule has 0 aromatic heterocycles. The number of hydrogen-bond donors (Lipinski definition) is 3. The topological polar surface area (TPSA) is 105 Å². The number of nitrogens with zero attached hydrogens (tertiary/aromatic N) is 1. The second-order valence-corrected chi connectivity index (χ2v) is 17.2. The summed E-state index contributed by atoms with van der Waals surface area (Å²) in [6, 6.07) is -0.836. The lowest BCUT2D eigenvalue weighted by Crippen LogP contribution is -2.45. The standard InChI is InChI=1S/C41H83N2O6P/c1-6-8-10-12-14-15-16-17-18-19-20-21-22-23-24-25-26-27-28-29-31-33-35-41(45)42-39(40(44)34-32-30-13-11-9-7-2)38-49-50(46,47)48-37-36-43(3,4)5/h32,34,39-40,44H,6-31,33,35-38H2,1-5H3,(H-,42,45,46,47)/p+1/b34-32+. The molecule has 0 saturated carbocycles. The molecule has 0 aliphatic carbocycles. The van der Waals surface area contributed by atoms with Gasteiger partial charge in [0, 0.05) is 6.42 Å². The zero-order valence-corrected chi connectivity index (χ0v) is 34.5. The van der Waals surface area contributed by atoms with E-state index in [0.717, 1.165) is 44.9 Å². The molecule has 0 saturated heterocycles. The zero-order valence-electron chi connectivity index (χ0n) is 33.7. The van der Waals surface area contributed by atoms with Crippen molar-refractivity contribution in [2.45, 2.75) is 206 Å². The Bertz CT molecular complexity index is 834. The number of unbranched alkanes of at least 4 members (excludes halogenated alkanes) is 25. The van der Waals surface area contributed by atoms with Crippen molar-refractivity contribution in [2.75, 3.05) is 40.9 Å². The number of quaternary nitrogens is 1. The highest BCUT2D eigenvalue weighted by Gasteiger charge is 2.27. The molecule has 0 aromatic rings. The monoisotopic (exact) mass is 732 g/mol. The Labute approximate surface area is 310 Å². The molecule has 1 amide bonds. The maximum atomic E-state index is 12.8. The Morgan fingerprint density at radius 1 is 0.660 bits per heavy atom. The number of likely N-dealkylation sites (N-methyl/N-ethyl adjacent to an activating group) is 1. The fourth-order valence-electron chi connectivity index (χ4n) is 6.10. The highest BCUT2D eigenvalue weighted by atomic mass is 31.2. The summed E-state index contributed by atoms with van der Waals surface area (Å²) in [5.74, 6) is -0.180. The van der Waals surface area contributed by atoms with E-state index in [2.05, 4.69) is 19.2 Å². The van der Waals surface area contributed by atoms with Crippen molar-refractivity contribution in [1.82, 2.24) is 5.32 Å². The van der Waals surface area contributed by atoms with Crippen LogP contribution in [-0.2, 0) is 18.4 Å². The number of phosphoric ester groups is 1. The van der Waals surface area contributed by atoms with Crippen LogP contribution in [0.2, 0.25) is 0 Å². The van der Waals surface area contributed by atoms with Gasteiger partial charge in [0.15, 0.2) is 0 Å². The Morgan fingerprint density at radius 2 is 1.06 bits per heavy atom. The summed E-state index contributed by atoms with van der Waals surface area (Å²) in [5, 5.41) is 13.6. The molecule has 3 N–H and O–H groups in total. The van der Waals surface area contributed by atoms with Gasteiger partial charge in [-0.25, -0.2) is 4.57 Å². The molecule has 3 unspecified atom stereocenters. The molecule has 8 nitrogen and oxygen atoms in total. The third-order valence-corrected chi connectivity index (χ3v) is 10.5. The van der Waals surface area contributed by atoms with Gasteiger partial charge in [-0.2, -0.15) is 0 Å². The van der Waals surface area contributed by atoms with Crippen LogP contribution < -0.4 is 5.32 Å². The van der Waals surface area contributed by atoms with Crippen molar-refractivity contribution in [2.24, 2.45) is 0 Å². The van der Waals surface area contributed by atoms with E-state index in [1.165, 1.54) is 128 Å². The first-order valence-corrected chi connectivity index (χ1v) is 22.6. The summed E-state index contributed by atoms with van der Waals surface area (Å²) < 4.78 is 23.4. The molecule has 0 fully saturated rings. The van der Waals surface area contributed by atoms with Crippen molar-refractivity contribution < 1.29 is 32.9 Å². The normalized spacial score (nSPS) is 14.6. The van der Waals surface area contributed by atoms with Gasteiger partial charge >= 0.3 is 7.82 Å². The SMILES string of the molecule is CCCCCC/C=C/C(O)C(COP(=O)(O)OCC[N+](C)(C)C)NC(=O)CCCCCCCCCCCCCCCCCCCCCCCC. The summed E-state index contributed by atoms with van der Waals surface area (Å²) >= 11 is 0. The number of nitrogens with one attached hydrogen (secondary N) is 1. The number of amides is 1. The first-order chi connectivity index (χ1) is 24.0. The molecular weight excluding hydrogens is 647 g/mol. The van der Waals surface area contributed by atoms with E-state index >= 15 is 0 Å². The summed E-state index contributed by atoms with van der Waals surface area (Å²) in [6.07, 6.45) is 37.4. The average Bonchev–Trinajstić information content (AvgIpc) is 3.06. The number of aliphatic hydroxyl groups excluding tert-OH is 1. The third kappa shape index (κ3) is 35.6. The molecule has 3 atom stereocenters. The van der Waals surface area contributed by atoms with E-state index in [9.17, 15) is 19.4 Å². The molecule has 298 valence electrons. The highest BCUT2D eigenvalue weighted by molar-refractivity contribution is 7.47. The van der Waals surface area contributed by atoms with Gasteiger partial charge in [0.1, 0.15) is 13.2 Å². The van der Waals surface area contributed by atoms with Gasteiger partial charge in [-0.15, -0.1) is 0 Å². The van der Waals surface area contributed by atoms with E-state index in [0.29, 0.717) is 17.4 Å². The fourth-order valence-corrected chi connectivity index (χ4v) is 6.84. The number of hydrogen-bond acceptors (Lipinski definition) is 5. The van der Waals surface area contributed by atoms with Crippen molar-refractivity contribution in [3.8, 4) is 0 Å². The number of phosphoric acid groups is 1. The third-order valence-electron chi connectivity index (χ3n) is 9.51. The Kier molecular flexibility index (Phi) is 33.5. The zero-order chi connectivity index (χ0) is 37.2. The van der Waals surface area contributed by atoms with Crippen LogP contribution in [0.5, 0.6) is 0 Å². The van der Waals surface area contributed by atoms with E-state index in [1.807, 2.05) is 27.2 Å². The van der Waals surface area contributed by atoms with Crippen molar-refractivity contribution in [1.29, 1.82) is 0 Å². The molecule has 0 aliphatic heterocycles. The van der Waals surface area contributed by atoms with Crippen molar-refractivity contribution in [3.63, 3.8) is 0 Å². The number of allylic oxidation sites excluding steroid dienone is 1. The van der Waals surface area contributed by atoms with E-state index < -0.39 is 20.0 Å². The summed E-state index contributed by atoms with van der Waals surface area (Å²) in [6.45, 7) is 4.74. The Balaban J connectivity index is 4.08. The molecule has 0 spiro atoms. The molecule has 0 heterocycles. The lowest BCUT2D eigenvalue weighted by Gasteiger charge is -2.25. The first kappa shape index (κ1) is 49.2. The molecule has 50 heavy (non-hydrogen) atoms. The molecular formula is C41H84N2O6P+. The number of aliphatic hydroxyl groups is 1. The van der Waals surface area contributed by atoms with Crippen LogP contribution in [0, 0.1) is 0 Å². The van der Waals surface area contributed by atoms with Crippen LogP contribution in [0.4, 0.5) is 0 Å². The van der Waals surface area contributed by atoms with E-state index in [4.69, 9.17) is 9.05 Å². The largest absolute Gasteiger partial charge is 0.472 e.